The van der Waals surface area contributed by atoms with Gasteiger partial charge in [0.1, 0.15) is 11.6 Å². The second kappa shape index (κ2) is 7.79. The minimum Gasteiger partial charge on any atom is -0.340 e. The molecule has 0 aliphatic carbocycles. The number of alkyl halides is 3. The summed E-state index contributed by atoms with van der Waals surface area (Å²) in [5.74, 6) is 1.60. The van der Waals surface area contributed by atoms with Crippen molar-refractivity contribution < 1.29 is 21.6 Å². The number of halogens is 3. The molecule has 0 aliphatic heterocycles. The van der Waals surface area contributed by atoms with Crippen molar-refractivity contribution in [3.63, 3.8) is 0 Å². The Kier molecular flexibility index (Phi) is 5.25. The Morgan fingerprint density at radius 3 is 2.16 bits per heavy atom. The number of aromatic nitrogens is 4. The Labute approximate surface area is 181 Å². The van der Waals surface area contributed by atoms with Gasteiger partial charge in [0.2, 0.25) is 0 Å². The third-order valence-corrected chi connectivity index (χ3v) is 5.84. The van der Waals surface area contributed by atoms with E-state index in [0.29, 0.717) is 23.1 Å². The van der Waals surface area contributed by atoms with Gasteiger partial charge in [-0.05, 0) is 62.4 Å². The van der Waals surface area contributed by atoms with Crippen LogP contribution in [0.3, 0.4) is 0 Å². The van der Waals surface area contributed by atoms with Gasteiger partial charge in [-0.3, -0.25) is 4.72 Å². The molecule has 0 spiro atoms. The molecule has 0 unspecified atom stereocenters. The van der Waals surface area contributed by atoms with Crippen LogP contribution in [0.15, 0.2) is 59.5 Å². The van der Waals surface area contributed by atoms with Crippen LogP contribution in [0.25, 0.3) is 5.78 Å². The van der Waals surface area contributed by atoms with Crippen LogP contribution in [0.5, 0.6) is 0 Å². The van der Waals surface area contributed by atoms with Crippen molar-refractivity contribution in [2.75, 3.05) is 10.0 Å². The summed E-state index contributed by atoms with van der Waals surface area (Å²) in [6.07, 6.45) is -4.50. The average Bonchev–Trinajstić information content (AvgIpc) is 3.08. The molecule has 0 bridgehead atoms. The number of sulfonamides is 1. The predicted molar refractivity (Wildman–Crippen MR) is 112 cm³/mol. The number of aryl methyl sites for hydroxylation is 2. The summed E-state index contributed by atoms with van der Waals surface area (Å²) >= 11 is 0. The first kappa shape index (κ1) is 21.6. The summed E-state index contributed by atoms with van der Waals surface area (Å²) in [5, 5.41) is 7.43. The summed E-state index contributed by atoms with van der Waals surface area (Å²) in [4.78, 5) is 8.49. The molecule has 0 atom stereocenters. The fourth-order valence-electron chi connectivity index (χ4n) is 2.98. The van der Waals surface area contributed by atoms with E-state index >= 15 is 0 Å². The Morgan fingerprint density at radius 2 is 1.53 bits per heavy atom. The molecule has 4 rings (SSSR count). The SMILES string of the molecule is Cc1cc(Nc2ccc(S(=O)(=O)Nc3ccc(C(F)(F)F)cc3)cc2)n2nc(C)nc2n1. The second-order valence-corrected chi connectivity index (χ2v) is 8.67. The molecule has 2 aromatic heterocycles. The van der Waals surface area contributed by atoms with E-state index in [-0.39, 0.29) is 10.6 Å². The summed E-state index contributed by atoms with van der Waals surface area (Å²) in [6.45, 7) is 3.56. The number of nitrogens with zero attached hydrogens (tertiary/aromatic N) is 4. The molecule has 4 aromatic rings. The third-order valence-electron chi connectivity index (χ3n) is 4.45. The minimum atomic E-state index is -4.50. The molecular formula is C20H17F3N6O2S. The number of anilines is 3. The van der Waals surface area contributed by atoms with Gasteiger partial charge in [-0.25, -0.2) is 13.4 Å². The third kappa shape index (κ3) is 4.49. The molecule has 8 nitrogen and oxygen atoms in total. The van der Waals surface area contributed by atoms with E-state index in [1.165, 1.54) is 12.1 Å². The molecule has 0 saturated heterocycles. The van der Waals surface area contributed by atoms with Gasteiger partial charge in [-0.15, -0.1) is 5.10 Å². The highest BCUT2D eigenvalue weighted by Gasteiger charge is 2.30. The normalized spacial score (nSPS) is 12.2. The van der Waals surface area contributed by atoms with Crippen LogP contribution in [0.1, 0.15) is 17.1 Å². The van der Waals surface area contributed by atoms with E-state index < -0.39 is 21.8 Å². The van der Waals surface area contributed by atoms with Crippen molar-refractivity contribution >= 4 is 33.0 Å². The van der Waals surface area contributed by atoms with Gasteiger partial charge >= 0.3 is 6.18 Å². The molecule has 2 N–H and O–H groups in total. The zero-order valence-corrected chi connectivity index (χ0v) is 17.7. The minimum absolute atomic E-state index is 0.0245. The van der Waals surface area contributed by atoms with Gasteiger partial charge in [0, 0.05) is 23.1 Å². The quantitative estimate of drug-likeness (QED) is 0.459. The van der Waals surface area contributed by atoms with Crippen LogP contribution < -0.4 is 10.0 Å². The number of hydrogen-bond acceptors (Lipinski definition) is 6. The molecule has 0 radical (unpaired) electrons. The molecular weight excluding hydrogens is 445 g/mol. The van der Waals surface area contributed by atoms with Crippen LogP contribution in [-0.4, -0.2) is 28.0 Å². The van der Waals surface area contributed by atoms with Gasteiger partial charge < -0.3 is 5.32 Å². The second-order valence-electron chi connectivity index (χ2n) is 6.98. The van der Waals surface area contributed by atoms with Gasteiger partial charge in [-0.2, -0.15) is 22.7 Å². The Balaban J connectivity index is 1.53. The predicted octanol–water partition coefficient (Wildman–Crippen LogP) is 4.30. The number of nitrogens with one attached hydrogen (secondary N) is 2. The fourth-order valence-corrected chi connectivity index (χ4v) is 4.04. The lowest BCUT2D eigenvalue weighted by Crippen LogP contribution is -2.13. The van der Waals surface area contributed by atoms with Crippen LogP contribution >= 0.6 is 0 Å². The molecule has 2 heterocycles. The van der Waals surface area contributed by atoms with Crippen molar-refractivity contribution in [1.29, 1.82) is 0 Å². The number of fused-ring (bicyclic) bond motifs is 1. The number of rotatable bonds is 5. The van der Waals surface area contributed by atoms with E-state index in [1.807, 2.05) is 6.92 Å². The van der Waals surface area contributed by atoms with Crippen LogP contribution in [-0.2, 0) is 16.2 Å². The lowest BCUT2D eigenvalue weighted by Gasteiger charge is -2.12. The van der Waals surface area contributed by atoms with Gasteiger partial charge in [0.25, 0.3) is 15.8 Å². The lowest BCUT2D eigenvalue weighted by molar-refractivity contribution is -0.137. The first-order valence-electron chi connectivity index (χ1n) is 9.29. The van der Waals surface area contributed by atoms with E-state index in [0.717, 1.165) is 30.0 Å². The molecule has 12 heteroatoms. The molecule has 32 heavy (non-hydrogen) atoms. The lowest BCUT2D eigenvalue weighted by atomic mass is 10.2. The number of benzene rings is 2. The van der Waals surface area contributed by atoms with Gasteiger partial charge in [-0.1, -0.05) is 0 Å². The first-order chi connectivity index (χ1) is 15.0. The van der Waals surface area contributed by atoms with Crippen molar-refractivity contribution in [1.82, 2.24) is 19.6 Å². The molecule has 0 fully saturated rings. The van der Waals surface area contributed by atoms with Crippen LogP contribution in [0, 0.1) is 13.8 Å². The van der Waals surface area contributed by atoms with Gasteiger partial charge in [0.15, 0.2) is 0 Å². The maximum absolute atomic E-state index is 12.7. The summed E-state index contributed by atoms with van der Waals surface area (Å²) < 4.78 is 67.0. The molecule has 0 amide bonds. The maximum atomic E-state index is 12.7. The highest BCUT2D eigenvalue weighted by molar-refractivity contribution is 7.92. The van der Waals surface area contributed by atoms with Crippen LogP contribution in [0.4, 0.5) is 30.4 Å². The summed E-state index contributed by atoms with van der Waals surface area (Å²) in [7, 11) is -3.99. The Morgan fingerprint density at radius 1 is 0.906 bits per heavy atom. The zero-order valence-electron chi connectivity index (χ0n) is 16.8. The van der Waals surface area contributed by atoms with E-state index in [2.05, 4.69) is 25.1 Å². The van der Waals surface area contributed by atoms with E-state index in [9.17, 15) is 21.6 Å². The smallest absolute Gasteiger partial charge is 0.340 e. The topological polar surface area (TPSA) is 101 Å². The van der Waals surface area contributed by atoms with Gasteiger partial charge in [0.05, 0.1) is 10.5 Å². The Bertz CT molecular complexity index is 1380. The molecule has 0 saturated carbocycles. The first-order valence-corrected chi connectivity index (χ1v) is 10.8. The Hall–Kier alpha value is -3.67. The highest BCUT2D eigenvalue weighted by atomic mass is 32.2. The molecule has 0 aliphatic rings. The summed E-state index contributed by atoms with van der Waals surface area (Å²) in [6, 6.07) is 11.4. The fraction of sp³-hybridized carbons (Fsp3) is 0.150. The van der Waals surface area contributed by atoms with Crippen molar-refractivity contribution in [3.8, 4) is 0 Å². The summed E-state index contributed by atoms with van der Waals surface area (Å²) in [5.41, 5.74) is 0.487. The molecule has 2 aromatic carbocycles. The van der Waals surface area contributed by atoms with E-state index in [4.69, 9.17) is 0 Å². The monoisotopic (exact) mass is 462 g/mol. The highest BCUT2D eigenvalue weighted by Crippen LogP contribution is 2.30. The number of hydrogen-bond donors (Lipinski definition) is 2. The zero-order chi connectivity index (χ0) is 23.1. The molecule has 166 valence electrons. The van der Waals surface area contributed by atoms with Crippen molar-refractivity contribution in [2.45, 2.75) is 24.9 Å². The largest absolute Gasteiger partial charge is 0.416 e. The van der Waals surface area contributed by atoms with Crippen LogP contribution in [0.2, 0.25) is 0 Å². The van der Waals surface area contributed by atoms with Crippen molar-refractivity contribution in [3.05, 3.63) is 71.7 Å². The average molecular weight is 462 g/mol. The maximum Gasteiger partial charge on any atom is 0.416 e. The standard InChI is InChI=1S/C20H17F3N6O2S/c1-12-11-18(29-19(24-12)25-13(2)27-29)26-15-7-9-17(10-8-15)32(30,31)28-16-5-3-14(4-6-16)20(21,22)23/h3-11,26,28H,1-2H3. The van der Waals surface area contributed by atoms with Crippen molar-refractivity contribution in [2.24, 2.45) is 0 Å². The van der Waals surface area contributed by atoms with E-state index in [1.54, 1.807) is 29.6 Å².